The van der Waals surface area contributed by atoms with Crippen LogP contribution in [0.1, 0.15) is 26.5 Å². The van der Waals surface area contributed by atoms with Gasteiger partial charge < -0.3 is 5.32 Å². The first kappa shape index (κ1) is 13.7. The molecule has 1 atom stereocenters. The van der Waals surface area contributed by atoms with Crippen LogP contribution >= 0.6 is 15.9 Å². The lowest BCUT2D eigenvalue weighted by molar-refractivity contribution is 0.464. The number of hydrogen-bond donors (Lipinski definition) is 1. The fraction of sp³-hybridized carbons (Fsp3) is 0.750. The third-order valence-corrected chi connectivity index (χ3v) is 3.26. The molecule has 1 rings (SSSR count). The summed E-state index contributed by atoms with van der Waals surface area (Å²) >= 11 is 3.53. The molecule has 0 aliphatic heterocycles. The summed E-state index contributed by atoms with van der Waals surface area (Å²) in [6.07, 6.45) is 2.92. The van der Waals surface area contributed by atoms with E-state index in [0.29, 0.717) is 5.92 Å². The summed E-state index contributed by atoms with van der Waals surface area (Å²) in [4.78, 5) is 0. The predicted molar refractivity (Wildman–Crippen MR) is 71.5 cm³/mol. The van der Waals surface area contributed by atoms with Crippen LogP contribution in [0.4, 0.5) is 0 Å². The van der Waals surface area contributed by atoms with Gasteiger partial charge in [0.2, 0.25) is 0 Å². The van der Waals surface area contributed by atoms with Crippen LogP contribution in [0, 0.1) is 11.8 Å². The smallest absolute Gasteiger partial charge is 0.0635 e. The molecule has 0 bridgehead atoms. The maximum Gasteiger partial charge on any atom is 0.0635 e. The molecule has 0 aliphatic carbocycles. The zero-order valence-electron chi connectivity index (χ0n) is 10.6. The van der Waals surface area contributed by atoms with Gasteiger partial charge in [0.15, 0.2) is 0 Å². The molecule has 0 radical (unpaired) electrons. The van der Waals surface area contributed by atoms with Crippen LogP contribution in [0.5, 0.6) is 0 Å². The second-order valence-corrected chi connectivity index (χ2v) is 5.78. The van der Waals surface area contributed by atoms with Gasteiger partial charge >= 0.3 is 0 Å². The molecule has 16 heavy (non-hydrogen) atoms. The minimum atomic E-state index is 0.630. The van der Waals surface area contributed by atoms with Crippen molar-refractivity contribution in [2.24, 2.45) is 18.9 Å². The van der Waals surface area contributed by atoms with Gasteiger partial charge in [0.1, 0.15) is 0 Å². The Balaban J connectivity index is 2.37. The molecule has 0 aliphatic rings. The third-order valence-electron chi connectivity index (χ3n) is 2.60. The standard InChI is InChI=1S/C12H22BrN3/c1-9(2)6-14-7-10(3)5-12-11(13)8-15-16(12)4/h8-10,14H,5-7H2,1-4H3. The Kier molecular flexibility index (Phi) is 5.49. The van der Waals surface area contributed by atoms with E-state index in [2.05, 4.69) is 47.1 Å². The van der Waals surface area contributed by atoms with E-state index in [0.717, 1.165) is 29.9 Å². The number of aromatic nitrogens is 2. The SMILES string of the molecule is CC(C)CNCC(C)Cc1c(Br)cnn1C. The molecule has 1 aromatic heterocycles. The minimum Gasteiger partial charge on any atom is -0.316 e. The number of hydrogen-bond acceptors (Lipinski definition) is 2. The van der Waals surface area contributed by atoms with Gasteiger partial charge in [-0.25, -0.2) is 0 Å². The first-order valence-corrected chi connectivity index (χ1v) is 6.67. The van der Waals surface area contributed by atoms with Gasteiger partial charge in [-0.15, -0.1) is 0 Å². The average molecular weight is 288 g/mol. The second-order valence-electron chi connectivity index (χ2n) is 4.92. The predicted octanol–water partition coefficient (Wildman–Crippen LogP) is 2.61. The van der Waals surface area contributed by atoms with Gasteiger partial charge in [-0.05, 0) is 47.3 Å². The van der Waals surface area contributed by atoms with Crippen LogP contribution in [0.3, 0.4) is 0 Å². The molecule has 1 heterocycles. The number of nitrogens with zero attached hydrogens (tertiary/aromatic N) is 2. The number of halogens is 1. The zero-order chi connectivity index (χ0) is 12.1. The van der Waals surface area contributed by atoms with Crippen molar-refractivity contribution in [1.29, 1.82) is 0 Å². The van der Waals surface area contributed by atoms with Crippen LogP contribution in [0.25, 0.3) is 0 Å². The highest BCUT2D eigenvalue weighted by Gasteiger charge is 2.10. The van der Waals surface area contributed by atoms with Gasteiger partial charge in [0.05, 0.1) is 16.4 Å². The van der Waals surface area contributed by atoms with E-state index in [1.54, 1.807) is 0 Å². The van der Waals surface area contributed by atoms with Crippen molar-refractivity contribution in [2.45, 2.75) is 27.2 Å². The van der Waals surface area contributed by atoms with Crippen molar-refractivity contribution >= 4 is 15.9 Å². The molecule has 0 aromatic carbocycles. The molecule has 92 valence electrons. The monoisotopic (exact) mass is 287 g/mol. The molecule has 0 saturated carbocycles. The van der Waals surface area contributed by atoms with Crippen molar-refractivity contribution in [1.82, 2.24) is 15.1 Å². The number of rotatable bonds is 6. The van der Waals surface area contributed by atoms with Crippen LogP contribution in [-0.4, -0.2) is 22.9 Å². The molecular formula is C12H22BrN3. The molecule has 1 unspecified atom stereocenters. The molecule has 0 saturated heterocycles. The normalized spacial score (nSPS) is 13.4. The summed E-state index contributed by atoms with van der Waals surface area (Å²) < 4.78 is 3.06. The highest BCUT2D eigenvalue weighted by atomic mass is 79.9. The fourth-order valence-electron chi connectivity index (χ4n) is 1.69. The summed E-state index contributed by atoms with van der Waals surface area (Å²) in [5.41, 5.74) is 1.28. The van der Waals surface area contributed by atoms with Crippen molar-refractivity contribution < 1.29 is 0 Å². The summed E-state index contributed by atoms with van der Waals surface area (Å²) in [6, 6.07) is 0. The minimum absolute atomic E-state index is 0.630. The van der Waals surface area contributed by atoms with E-state index in [9.17, 15) is 0 Å². The summed E-state index contributed by atoms with van der Waals surface area (Å²) in [7, 11) is 1.99. The Hall–Kier alpha value is -0.350. The van der Waals surface area contributed by atoms with Crippen LogP contribution in [-0.2, 0) is 13.5 Å². The average Bonchev–Trinajstić information content (AvgIpc) is 2.49. The lowest BCUT2D eigenvalue weighted by Crippen LogP contribution is -2.26. The van der Waals surface area contributed by atoms with Crippen molar-refractivity contribution in [3.05, 3.63) is 16.4 Å². The molecule has 0 fully saturated rings. The first-order chi connectivity index (χ1) is 7.50. The maximum absolute atomic E-state index is 4.23. The Bertz CT molecular complexity index is 301. The lowest BCUT2D eigenvalue weighted by Gasteiger charge is -2.14. The fourth-order valence-corrected chi connectivity index (χ4v) is 2.20. The van der Waals surface area contributed by atoms with Crippen molar-refractivity contribution in [3.8, 4) is 0 Å². The number of aryl methyl sites for hydroxylation is 1. The summed E-state index contributed by atoms with van der Waals surface area (Å²) in [5, 5.41) is 7.72. The van der Waals surface area contributed by atoms with Crippen molar-refractivity contribution in [2.75, 3.05) is 13.1 Å². The zero-order valence-corrected chi connectivity index (χ0v) is 12.2. The van der Waals surface area contributed by atoms with E-state index in [-0.39, 0.29) is 0 Å². The van der Waals surface area contributed by atoms with Crippen LogP contribution in [0.15, 0.2) is 10.7 Å². The van der Waals surface area contributed by atoms with E-state index in [1.807, 2.05) is 17.9 Å². The highest BCUT2D eigenvalue weighted by Crippen LogP contribution is 2.18. The third kappa shape index (κ3) is 4.26. The molecule has 3 nitrogen and oxygen atoms in total. The Morgan fingerprint density at radius 2 is 2.06 bits per heavy atom. The lowest BCUT2D eigenvalue weighted by atomic mass is 10.1. The van der Waals surface area contributed by atoms with E-state index >= 15 is 0 Å². The first-order valence-electron chi connectivity index (χ1n) is 5.87. The Morgan fingerprint density at radius 1 is 1.38 bits per heavy atom. The molecular weight excluding hydrogens is 266 g/mol. The van der Waals surface area contributed by atoms with Gasteiger partial charge in [-0.1, -0.05) is 20.8 Å². The molecule has 0 amide bonds. The van der Waals surface area contributed by atoms with Gasteiger partial charge in [0.25, 0.3) is 0 Å². The summed E-state index contributed by atoms with van der Waals surface area (Å²) in [6.45, 7) is 8.89. The van der Waals surface area contributed by atoms with Gasteiger partial charge in [0, 0.05) is 7.05 Å². The largest absolute Gasteiger partial charge is 0.316 e. The molecule has 4 heteroatoms. The van der Waals surface area contributed by atoms with E-state index in [4.69, 9.17) is 0 Å². The second kappa shape index (κ2) is 6.40. The Labute approximate surface area is 107 Å². The quantitative estimate of drug-likeness (QED) is 0.872. The van der Waals surface area contributed by atoms with Crippen molar-refractivity contribution in [3.63, 3.8) is 0 Å². The topological polar surface area (TPSA) is 29.9 Å². The molecule has 0 spiro atoms. The van der Waals surface area contributed by atoms with Crippen LogP contribution < -0.4 is 5.32 Å². The maximum atomic E-state index is 4.23. The van der Waals surface area contributed by atoms with Gasteiger partial charge in [-0.2, -0.15) is 5.10 Å². The number of nitrogens with one attached hydrogen (secondary N) is 1. The van der Waals surface area contributed by atoms with Crippen LogP contribution in [0.2, 0.25) is 0 Å². The van der Waals surface area contributed by atoms with E-state index in [1.165, 1.54) is 5.69 Å². The van der Waals surface area contributed by atoms with Gasteiger partial charge in [-0.3, -0.25) is 4.68 Å². The van der Waals surface area contributed by atoms with E-state index < -0.39 is 0 Å². The molecule has 1 N–H and O–H groups in total. The summed E-state index contributed by atoms with van der Waals surface area (Å²) in [5.74, 6) is 1.35. The molecule has 1 aromatic rings. The highest BCUT2D eigenvalue weighted by molar-refractivity contribution is 9.10. The Morgan fingerprint density at radius 3 is 2.56 bits per heavy atom.